The maximum atomic E-state index is 5.57. The van der Waals surface area contributed by atoms with Crippen LogP contribution in [-0.2, 0) is 13.1 Å². The third-order valence-corrected chi connectivity index (χ3v) is 3.07. The Morgan fingerprint density at radius 2 is 1.55 bits per heavy atom. The van der Waals surface area contributed by atoms with Gasteiger partial charge in [-0.25, -0.2) is 4.98 Å². The van der Waals surface area contributed by atoms with Crippen molar-refractivity contribution >= 4 is 17.0 Å². The van der Waals surface area contributed by atoms with Gasteiger partial charge in [-0.1, -0.05) is 36.4 Å². The molecule has 3 N–H and O–H groups in total. The molecule has 0 fully saturated rings. The molecule has 1 aromatic heterocycles. The summed E-state index contributed by atoms with van der Waals surface area (Å²) in [5, 5.41) is 11.4. The Morgan fingerprint density at radius 1 is 0.850 bits per heavy atom. The molecule has 0 aliphatic heterocycles. The van der Waals surface area contributed by atoms with Crippen LogP contribution in [0.25, 0.3) is 11.0 Å². The minimum Gasteiger partial charge on any atom is -0.349 e. The summed E-state index contributed by atoms with van der Waals surface area (Å²) in [6, 6.07) is 15.8. The highest BCUT2D eigenvalue weighted by Crippen LogP contribution is 2.10. The molecule has 0 unspecified atom stereocenters. The van der Waals surface area contributed by atoms with Gasteiger partial charge in [0.1, 0.15) is 5.52 Å². The summed E-state index contributed by atoms with van der Waals surface area (Å²) < 4.78 is 0. The van der Waals surface area contributed by atoms with E-state index < -0.39 is 0 Å². The Labute approximate surface area is 116 Å². The quantitative estimate of drug-likeness (QED) is 0.755. The Morgan fingerprint density at radius 3 is 2.30 bits per heavy atom. The number of rotatable bonds is 4. The van der Waals surface area contributed by atoms with Gasteiger partial charge in [0.05, 0.1) is 5.52 Å². The van der Waals surface area contributed by atoms with Gasteiger partial charge in [-0.2, -0.15) is 0 Å². The number of aromatic nitrogens is 3. The Kier molecular flexibility index (Phi) is 3.52. The van der Waals surface area contributed by atoms with Gasteiger partial charge in [0.2, 0.25) is 5.95 Å². The van der Waals surface area contributed by atoms with E-state index in [-0.39, 0.29) is 0 Å². The lowest BCUT2D eigenvalue weighted by atomic mass is 10.1. The van der Waals surface area contributed by atoms with E-state index in [1.165, 1.54) is 0 Å². The van der Waals surface area contributed by atoms with Crippen molar-refractivity contribution in [3.05, 3.63) is 59.7 Å². The summed E-state index contributed by atoms with van der Waals surface area (Å²) in [4.78, 5) is 4.42. The van der Waals surface area contributed by atoms with Crippen molar-refractivity contribution in [1.29, 1.82) is 0 Å². The third-order valence-electron chi connectivity index (χ3n) is 3.07. The Bertz CT molecular complexity index is 709. The summed E-state index contributed by atoms with van der Waals surface area (Å²) >= 11 is 0. The predicted molar refractivity (Wildman–Crippen MR) is 79.0 cm³/mol. The van der Waals surface area contributed by atoms with E-state index in [9.17, 15) is 0 Å². The second-order valence-corrected chi connectivity index (χ2v) is 4.50. The number of para-hydroxylation sites is 1. The summed E-state index contributed by atoms with van der Waals surface area (Å²) in [6.07, 6.45) is 0. The molecule has 100 valence electrons. The number of benzene rings is 2. The monoisotopic (exact) mass is 265 g/mol. The van der Waals surface area contributed by atoms with E-state index >= 15 is 0 Å². The van der Waals surface area contributed by atoms with E-state index in [0.29, 0.717) is 19.0 Å². The fraction of sp³-hybridized carbons (Fsp3) is 0.133. The van der Waals surface area contributed by atoms with Crippen LogP contribution in [0.1, 0.15) is 11.1 Å². The van der Waals surface area contributed by atoms with Crippen LogP contribution in [0, 0.1) is 0 Å². The Hall–Kier alpha value is -2.53. The first-order valence-electron chi connectivity index (χ1n) is 6.46. The second kappa shape index (κ2) is 5.63. The molecule has 0 spiro atoms. The zero-order valence-electron chi connectivity index (χ0n) is 11.0. The van der Waals surface area contributed by atoms with Crippen LogP contribution in [0.5, 0.6) is 0 Å². The second-order valence-electron chi connectivity index (χ2n) is 4.50. The molecule has 0 aliphatic carbocycles. The van der Waals surface area contributed by atoms with Crippen LogP contribution >= 0.6 is 0 Å². The molecular formula is C15H15N5. The highest BCUT2D eigenvalue weighted by molar-refractivity contribution is 5.74. The lowest BCUT2D eigenvalue weighted by Crippen LogP contribution is -2.05. The van der Waals surface area contributed by atoms with Gasteiger partial charge in [0.15, 0.2) is 0 Å². The number of fused-ring (bicyclic) bond motifs is 1. The van der Waals surface area contributed by atoms with Gasteiger partial charge >= 0.3 is 0 Å². The smallest absolute Gasteiger partial charge is 0.243 e. The van der Waals surface area contributed by atoms with Gasteiger partial charge in [-0.3, -0.25) is 0 Å². The molecule has 0 bridgehead atoms. The van der Waals surface area contributed by atoms with Gasteiger partial charge in [-0.15, -0.1) is 10.2 Å². The molecule has 0 atom stereocenters. The number of hydrogen-bond donors (Lipinski definition) is 2. The molecule has 5 nitrogen and oxygen atoms in total. The highest BCUT2D eigenvalue weighted by Gasteiger charge is 2.01. The molecule has 0 radical (unpaired) electrons. The molecule has 0 amide bonds. The number of anilines is 1. The number of nitrogens with two attached hydrogens (primary N) is 1. The molecule has 2 aromatic carbocycles. The molecular weight excluding hydrogens is 250 g/mol. The largest absolute Gasteiger partial charge is 0.349 e. The molecule has 0 saturated carbocycles. The van der Waals surface area contributed by atoms with Crippen LogP contribution in [-0.4, -0.2) is 15.2 Å². The van der Waals surface area contributed by atoms with Crippen LogP contribution in [0.15, 0.2) is 48.5 Å². The van der Waals surface area contributed by atoms with Gasteiger partial charge in [0, 0.05) is 13.1 Å². The summed E-state index contributed by atoms with van der Waals surface area (Å²) in [5.74, 6) is 0.534. The van der Waals surface area contributed by atoms with Gasteiger partial charge in [-0.05, 0) is 23.3 Å². The zero-order valence-corrected chi connectivity index (χ0v) is 11.0. The van der Waals surface area contributed by atoms with Crippen molar-refractivity contribution < 1.29 is 0 Å². The minimum absolute atomic E-state index is 0.534. The number of nitrogens with zero attached hydrogens (tertiary/aromatic N) is 3. The summed E-state index contributed by atoms with van der Waals surface area (Å²) in [7, 11) is 0. The molecule has 20 heavy (non-hydrogen) atoms. The van der Waals surface area contributed by atoms with E-state index in [1.54, 1.807) is 0 Å². The average Bonchev–Trinajstić information content (AvgIpc) is 2.53. The average molecular weight is 265 g/mol. The number of hydrogen-bond acceptors (Lipinski definition) is 5. The fourth-order valence-electron chi connectivity index (χ4n) is 1.93. The van der Waals surface area contributed by atoms with E-state index in [2.05, 4.69) is 20.5 Å². The van der Waals surface area contributed by atoms with Gasteiger partial charge < -0.3 is 11.1 Å². The lowest BCUT2D eigenvalue weighted by Gasteiger charge is -2.05. The van der Waals surface area contributed by atoms with Crippen molar-refractivity contribution in [3.8, 4) is 0 Å². The van der Waals surface area contributed by atoms with Crippen molar-refractivity contribution in [2.75, 3.05) is 5.32 Å². The molecule has 1 heterocycles. The molecule has 3 aromatic rings. The number of nitrogens with one attached hydrogen (secondary N) is 1. The van der Waals surface area contributed by atoms with Crippen LogP contribution < -0.4 is 11.1 Å². The topological polar surface area (TPSA) is 76.7 Å². The first kappa shape index (κ1) is 12.5. The molecule has 5 heteroatoms. The first-order valence-corrected chi connectivity index (χ1v) is 6.46. The molecule has 0 aliphatic rings. The maximum Gasteiger partial charge on any atom is 0.243 e. The van der Waals surface area contributed by atoms with Crippen molar-refractivity contribution in [3.63, 3.8) is 0 Å². The van der Waals surface area contributed by atoms with E-state index in [4.69, 9.17) is 5.73 Å². The highest BCUT2D eigenvalue weighted by atomic mass is 15.2. The standard InChI is InChI=1S/C15H15N5/c16-9-11-5-7-12(8-6-11)10-17-15-18-13-3-1-2-4-14(13)19-20-15/h1-8H,9-10,16H2,(H,17,18,20). The van der Waals surface area contributed by atoms with Crippen molar-refractivity contribution in [1.82, 2.24) is 15.2 Å². The van der Waals surface area contributed by atoms with Crippen molar-refractivity contribution in [2.24, 2.45) is 5.73 Å². The van der Waals surface area contributed by atoms with Gasteiger partial charge in [0.25, 0.3) is 0 Å². The summed E-state index contributed by atoms with van der Waals surface area (Å²) in [5.41, 5.74) is 9.48. The summed E-state index contributed by atoms with van der Waals surface area (Å²) in [6.45, 7) is 1.22. The van der Waals surface area contributed by atoms with Crippen LogP contribution in [0.4, 0.5) is 5.95 Å². The lowest BCUT2D eigenvalue weighted by molar-refractivity contribution is 0.982. The first-order chi connectivity index (χ1) is 9.85. The van der Waals surface area contributed by atoms with Crippen LogP contribution in [0.2, 0.25) is 0 Å². The maximum absolute atomic E-state index is 5.57. The van der Waals surface area contributed by atoms with E-state index in [0.717, 1.165) is 22.2 Å². The minimum atomic E-state index is 0.534. The molecule has 0 saturated heterocycles. The zero-order chi connectivity index (χ0) is 13.8. The van der Waals surface area contributed by atoms with Crippen molar-refractivity contribution in [2.45, 2.75) is 13.1 Å². The van der Waals surface area contributed by atoms with E-state index in [1.807, 2.05) is 48.5 Å². The predicted octanol–water partition coefficient (Wildman–Crippen LogP) is 2.10. The fourth-order valence-corrected chi connectivity index (χ4v) is 1.93. The van der Waals surface area contributed by atoms with Crippen LogP contribution in [0.3, 0.4) is 0 Å². The third kappa shape index (κ3) is 2.73. The normalized spacial score (nSPS) is 10.7. The Balaban J connectivity index is 1.72. The SMILES string of the molecule is NCc1ccc(CNc2nnc3ccccc3n2)cc1. The molecule has 3 rings (SSSR count).